The molecular formula is C11H20N2O3. The summed E-state index contributed by atoms with van der Waals surface area (Å²) < 4.78 is 0. The zero-order valence-electron chi connectivity index (χ0n) is 10.1. The molecule has 2 N–H and O–H groups in total. The van der Waals surface area contributed by atoms with Crippen LogP contribution in [0, 0.1) is 11.8 Å². The maximum Gasteiger partial charge on any atom is 0.306 e. The second kappa shape index (κ2) is 5.30. The van der Waals surface area contributed by atoms with E-state index in [-0.39, 0.29) is 17.7 Å². The Bertz CT molecular complexity index is 272. The number of aliphatic carboxylic acids is 1. The van der Waals surface area contributed by atoms with Crippen molar-refractivity contribution in [3.8, 4) is 0 Å². The molecule has 1 rings (SSSR count). The lowest BCUT2D eigenvalue weighted by molar-refractivity contribution is -0.150. The quantitative estimate of drug-likeness (QED) is 0.703. The Kier molecular flexibility index (Phi) is 4.29. The first kappa shape index (κ1) is 13.0. The first-order valence-electron chi connectivity index (χ1n) is 5.65. The topological polar surface area (TPSA) is 69.6 Å². The van der Waals surface area contributed by atoms with E-state index in [1.807, 2.05) is 13.8 Å². The predicted molar refractivity (Wildman–Crippen MR) is 60.0 cm³/mol. The Labute approximate surface area is 95.8 Å². The molecule has 0 spiro atoms. The van der Waals surface area contributed by atoms with Gasteiger partial charge in [0.15, 0.2) is 0 Å². The van der Waals surface area contributed by atoms with Crippen molar-refractivity contribution in [3.05, 3.63) is 0 Å². The molecule has 92 valence electrons. The smallest absolute Gasteiger partial charge is 0.306 e. The van der Waals surface area contributed by atoms with E-state index in [9.17, 15) is 9.59 Å². The lowest BCUT2D eigenvalue weighted by atomic mass is 9.87. The van der Waals surface area contributed by atoms with E-state index < -0.39 is 5.97 Å². The molecular weight excluding hydrogens is 208 g/mol. The van der Waals surface area contributed by atoms with Crippen molar-refractivity contribution in [2.24, 2.45) is 11.8 Å². The van der Waals surface area contributed by atoms with E-state index in [0.29, 0.717) is 25.7 Å². The van der Waals surface area contributed by atoms with Gasteiger partial charge in [-0.2, -0.15) is 0 Å². The molecule has 1 amide bonds. The summed E-state index contributed by atoms with van der Waals surface area (Å²) in [7, 11) is 0. The third-order valence-corrected chi connectivity index (χ3v) is 3.02. The molecule has 0 saturated carbocycles. The molecule has 1 aliphatic rings. The van der Waals surface area contributed by atoms with Crippen molar-refractivity contribution >= 4 is 11.9 Å². The zero-order chi connectivity index (χ0) is 12.3. The van der Waals surface area contributed by atoms with Crippen LogP contribution in [-0.2, 0) is 9.59 Å². The summed E-state index contributed by atoms with van der Waals surface area (Å²) in [4.78, 5) is 24.0. The fourth-order valence-electron chi connectivity index (χ4n) is 1.64. The molecule has 0 bridgehead atoms. The molecule has 0 aliphatic carbocycles. The lowest BCUT2D eigenvalue weighted by Crippen LogP contribution is -2.55. The van der Waals surface area contributed by atoms with Crippen LogP contribution in [0.1, 0.15) is 20.8 Å². The highest BCUT2D eigenvalue weighted by molar-refractivity contribution is 5.79. The SMILES string of the molecule is CC(C)NCC(=O)N1CC(C(C)C(=O)O)C1. The van der Waals surface area contributed by atoms with Crippen molar-refractivity contribution in [3.63, 3.8) is 0 Å². The average molecular weight is 228 g/mol. The first-order valence-corrected chi connectivity index (χ1v) is 5.65. The molecule has 1 atom stereocenters. The zero-order valence-corrected chi connectivity index (χ0v) is 10.1. The number of nitrogens with zero attached hydrogens (tertiary/aromatic N) is 1. The van der Waals surface area contributed by atoms with Gasteiger partial charge in [0, 0.05) is 25.0 Å². The monoisotopic (exact) mass is 228 g/mol. The van der Waals surface area contributed by atoms with Crippen molar-refractivity contribution in [2.75, 3.05) is 19.6 Å². The number of hydrogen-bond donors (Lipinski definition) is 2. The molecule has 0 aromatic carbocycles. The minimum absolute atomic E-state index is 0.0579. The van der Waals surface area contributed by atoms with E-state index >= 15 is 0 Å². The van der Waals surface area contributed by atoms with Crippen LogP contribution < -0.4 is 5.32 Å². The number of carboxylic acid groups (broad SMARTS) is 1. The van der Waals surface area contributed by atoms with Crippen LogP contribution in [0.3, 0.4) is 0 Å². The Morgan fingerprint density at radius 3 is 2.38 bits per heavy atom. The molecule has 1 fully saturated rings. The Morgan fingerprint density at radius 1 is 1.38 bits per heavy atom. The Balaban J connectivity index is 2.25. The number of hydrogen-bond acceptors (Lipinski definition) is 3. The summed E-state index contributed by atoms with van der Waals surface area (Å²) in [5.41, 5.74) is 0. The minimum atomic E-state index is -0.780. The molecule has 16 heavy (non-hydrogen) atoms. The van der Waals surface area contributed by atoms with Crippen LogP contribution in [0.4, 0.5) is 0 Å². The highest BCUT2D eigenvalue weighted by Gasteiger charge is 2.36. The van der Waals surface area contributed by atoms with E-state index in [1.165, 1.54) is 0 Å². The van der Waals surface area contributed by atoms with Gasteiger partial charge >= 0.3 is 5.97 Å². The van der Waals surface area contributed by atoms with E-state index in [4.69, 9.17) is 5.11 Å². The summed E-state index contributed by atoms with van der Waals surface area (Å²) in [6.45, 7) is 7.16. The third kappa shape index (κ3) is 3.20. The van der Waals surface area contributed by atoms with Gasteiger partial charge in [-0.05, 0) is 0 Å². The van der Waals surface area contributed by atoms with E-state index in [1.54, 1.807) is 11.8 Å². The highest BCUT2D eigenvalue weighted by atomic mass is 16.4. The number of likely N-dealkylation sites (tertiary alicyclic amines) is 1. The van der Waals surface area contributed by atoms with Crippen LogP contribution >= 0.6 is 0 Å². The van der Waals surface area contributed by atoms with Crippen LogP contribution in [0.25, 0.3) is 0 Å². The van der Waals surface area contributed by atoms with Gasteiger partial charge in [0.25, 0.3) is 0 Å². The van der Waals surface area contributed by atoms with Gasteiger partial charge < -0.3 is 15.3 Å². The van der Waals surface area contributed by atoms with Gasteiger partial charge in [0.2, 0.25) is 5.91 Å². The number of carboxylic acids is 1. The number of rotatable bonds is 5. The maximum atomic E-state index is 11.6. The molecule has 5 nitrogen and oxygen atoms in total. The van der Waals surface area contributed by atoms with Gasteiger partial charge in [-0.25, -0.2) is 0 Å². The van der Waals surface area contributed by atoms with Crippen LogP contribution in [0.2, 0.25) is 0 Å². The Hall–Kier alpha value is -1.10. The maximum absolute atomic E-state index is 11.6. The van der Waals surface area contributed by atoms with E-state index in [2.05, 4.69) is 5.32 Å². The first-order chi connectivity index (χ1) is 7.41. The normalized spacial score (nSPS) is 18.4. The van der Waals surface area contributed by atoms with Crippen molar-refractivity contribution in [1.29, 1.82) is 0 Å². The highest BCUT2D eigenvalue weighted by Crippen LogP contribution is 2.23. The summed E-state index contributed by atoms with van der Waals surface area (Å²) in [6.07, 6.45) is 0. The fourth-order valence-corrected chi connectivity index (χ4v) is 1.64. The third-order valence-electron chi connectivity index (χ3n) is 3.02. The summed E-state index contributed by atoms with van der Waals surface area (Å²) in [5, 5.41) is 11.9. The predicted octanol–water partition coefficient (Wildman–Crippen LogP) is 0.164. The molecule has 0 radical (unpaired) electrons. The molecule has 1 saturated heterocycles. The number of carbonyl (C=O) groups is 2. The molecule has 1 heterocycles. The standard InChI is InChI=1S/C11H20N2O3/c1-7(2)12-4-10(14)13-5-9(6-13)8(3)11(15)16/h7-9,12H,4-6H2,1-3H3,(H,15,16). The second-order valence-electron chi connectivity index (χ2n) is 4.72. The van der Waals surface area contributed by atoms with Gasteiger partial charge in [0.1, 0.15) is 0 Å². The van der Waals surface area contributed by atoms with Gasteiger partial charge in [0.05, 0.1) is 12.5 Å². The van der Waals surface area contributed by atoms with Crippen molar-refractivity contribution in [1.82, 2.24) is 10.2 Å². The number of nitrogens with one attached hydrogen (secondary N) is 1. The summed E-state index contributed by atoms with van der Waals surface area (Å²) in [6, 6.07) is 0.291. The van der Waals surface area contributed by atoms with Crippen molar-refractivity contribution < 1.29 is 14.7 Å². The van der Waals surface area contributed by atoms with Gasteiger partial charge in [-0.3, -0.25) is 9.59 Å². The molecule has 0 aromatic rings. The molecule has 1 unspecified atom stereocenters. The van der Waals surface area contributed by atoms with Crippen LogP contribution in [-0.4, -0.2) is 47.6 Å². The number of amides is 1. The fraction of sp³-hybridized carbons (Fsp3) is 0.818. The average Bonchev–Trinajstić information content (AvgIpc) is 2.11. The molecule has 5 heteroatoms. The summed E-state index contributed by atoms with van der Waals surface area (Å²) in [5.74, 6) is -0.970. The minimum Gasteiger partial charge on any atom is -0.481 e. The largest absolute Gasteiger partial charge is 0.481 e. The molecule has 1 aliphatic heterocycles. The van der Waals surface area contributed by atoms with Crippen LogP contribution in [0.5, 0.6) is 0 Å². The van der Waals surface area contributed by atoms with Gasteiger partial charge in [-0.15, -0.1) is 0 Å². The number of carbonyl (C=O) groups excluding carboxylic acids is 1. The van der Waals surface area contributed by atoms with Gasteiger partial charge in [-0.1, -0.05) is 20.8 Å². The summed E-state index contributed by atoms with van der Waals surface area (Å²) >= 11 is 0. The van der Waals surface area contributed by atoms with Crippen molar-refractivity contribution in [2.45, 2.75) is 26.8 Å². The Morgan fingerprint density at radius 2 is 1.94 bits per heavy atom. The van der Waals surface area contributed by atoms with E-state index in [0.717, 1.165) is 0 Å². The lowest BCUT2D eigenvalue weighted by Gasteiger charge is -2.41. The second-order valence-corrected chi connectivity index (χ2v) is 4.72. The van der Waals surface area contributed by atoms with Crippen LogP contribution in [0.15, 0.2) is 0 Å². The molecule has 0 aromatic heterocycles.